The van der Waals surface area contributed by atoms with Crippen LogP contribution < -0.4 is 0 Å². The zero-order valence-corrected chi connectivity index (χ0v) is 20.9. The summed E-state index contributed by atoms with van der Waals surface area (Å²) in [6, 6.07) is 0. The summed E-state index contributed by atoms with van der Waals surface area (Å²) < 4.78 is 3.51. The zero-order valence-electron chi connectivity index (χ0n) is 13.2. The molecule has 0 fully saturated rings. The van der Waals surface area contributed by atoms with Crippen molar-refractivity contribution in [1.29, 1.82) is 0 Å². The van der Waals surface area contributed by atoms with E-state index < -0.39 is 37.5 Å². The molecule has 7 nitrogen and oxygen atoms in total. The number of alkyl halides is 9. The molecule has 0 amide bonds. The molecule has 0 bridgehead atoms. The lowest BCUT2D eigenvalue weighted by molar-refractivity contribution is 0.214. The Morgan fingerprint density at radius 1 is 0.615 bits per heavy atom. The van der Waals surface area contributed by atoms with E-state index in [1.807, 2.05) is 0 Å². The molecule has 0 rings (SSSR count). The summed E-state index contributed by atoms with van der Waals surface area (Å²) in [5.41, 5.74) is 0. The highest BCUT2D eigenvalue weighted by Gasteiger charge is 2.26. The van der Waals surface area contributed by atoms with Gasteiger partial charge in [0.25, 0.3) is 0 Å². The van der Waals surface area contributed by atoms with E-state index in [-0.39, 0.29) is 0 Å². The van der Waals surface area contributed by atoms with Crippen molar-refractivity contribution in [2.75, 3.05) is 0 Å². The molecule has 0 aromatic rings. The summed E-state index contributed by atoms with van der Waals surface area (Å²) >= 11 is 46.1. The van der Waals surface area contributed by atoms with Crippen molar-refractivity contribution in [3.8, 4) is 0 Å². The quantitative estimate of drug-likeness (QED) is 0.214. The smallest absolute Gasteiger partial charge is 0.361 e. The molecule has 17 heteroatoms. The van der Waals surface area contributed by atoms with Gasteiger partial charge in [-0.3, -0.25) is 0 Å². The first-order valence-electron chi connectivity index (χ1n) is 5.84. The van der Waals surface area contributed by atoms with Crippen LogP contribution >= 0.6 is 112 Å². The molecule has 0 saturated heterocycles. The number of hydrogen-bond donors (Lipinski definition) is 6. The number of hydrogen-bond acceptors (Lipinski definition) is 4. The Bertz CT molecular complexity index is 333. The van der Waals surface area contributed by atoms with Gasteiger partial charge in [-0.15, -0.1) is 34.8 Å². The van der Waals surface area contributed by atoms with E-state index in [2.05, 4.69) is 0 Å². The number of aliphatic hydroxyl groups is 3. The predicted octanol–water partition coefficient (Wildman–Crippen LogP) is 4.28. The van der Waals surface area contributed by atoms with Crippen LogP contribution in [0, 0.1) is 0 Å². The molecule has 164 valence electrons. The van der Waals surface area contributed by atoms with Crippen molar-refractivity contribution >= 4 is 112 Å². The third kappa shape index (κ3) is 41.1. The lowest BCUT2D eigenvalue weighted by Gasteiger charge is -2.12. The first-order valence-corrected chi connectivity index (χ1v) is 11.0. The molecule has 3 unspecified atom stereocenters. The van der Waals surface area contributed by atoms with E-state index in [0.717, 1.165) is 0 Å². The van der Waals surface area contributed by atoms with Crippen molar-refractivity contribution in [2.24, 2.45) is 0 Å². The fraction of sp³-hybridized carbons (Fsp3) is 1.00. The largest absolute Gasteiger partial charge is 0.466 e. The van der Waals surface area contributed by atoms with Gasteiger partial charge in [0.2, 0.25) is 13.6 Å². The van der Waals surface area contributed by atoms with Gasteiger partial charge in [0.1, 0.15) is 0 Å². The SMILES string of the molecule is CC(Cl)C(O)(Cl)Cl.CC(Cl)C(O)(Cl)Cl.CC(Cl)C(O)(Cl)Cl.O=P(O)(O)O. The van der Waals surface area contributed by atoms with Gasteiger partial charge in [-0.05, 0) is 20.8 Å². The Hall–Kier alpha value is 2.60. The van der Waals surface area contributed by atoms with Crippen LogP contribution in [0.4, 0.5) is 0 Å². The standard InChI is InChI=1S/3C3H5Cl3O.H3O4P/c3*1-2(4)3(5,6)7;1-5(2,3)4/h3*2,7H,1H3;(H3,1,2,3,4). The molecule has 0 heterocycles. The molecule has 0 saturated carbocycles. The maximum absolute atomic E-state index is 8.88. The summed E-state index contributed by atoms with van der Waals surface area (Å²) in [7, 11) is -4.64. The summed E-state index contributed by atoms with van der Waals surface area (Å²) in [6.45, 7) is 4.50. The molecular weight excluding hydrogens is 570 g/mol. The van der Waals surface area contributed by atoms with Crippen molar-refractivity contribution in [3.05, 3.63) is 0 Å². The monoisotopic (exact) mass is 584 g/mol. The van der Waals surface area contributed by atoms with Crippen LogP contribution in [0.25, 0.3) is 0 Å². The maximum atomic E-state index is 8.88. The van der Waals surface area contributed by atoms with Crippen molar-refractivity contribution in [3.63, 3.8) is 0 Å². The fourth-order valence-corrected chi connectivity index (χ4v) is 0. The average molecular weight is 588 g/mol. The Morgan fingerprint density at radius 2 is 0.654 bits per heavy atom. The van der Waals surface area contributed by atoms with Gasteiger partial charge in [-0.1, -0.05) is 69.6 Å². The third-order valence-electron chi connectivity index (χ3n) is 1.44. The van der Waals surface area contributed by atoms with Gasteiger partial charge in [0.15, 0.2) is 0 Å². The third-order valence-corrected chi connectivity index (χ3v) is 5.02. The van der Waals surface area contributed by atoms with Crippen LogP contribution in [0.3, 0.4) is 0 Å². The summed E-state index contributed by atoms with van der Waals surface area (Å²) in [5, 5.41) is 23.6. The van der Waals surface area contributed by atoms with Gasteiger partial charge in [0.05, 0.1) is 16.1 Å². The molecule has 0 aromatic heterocycles. The van der Waals surface area contributed by atoms with E-state index in [9.17, 15) is 0 Å². The first-order chi connectivity index (χ1) is 10.8. The van der Waals surface area contributed by atoms with Crippen LogP contribution in [-0.4, -0.2) is 59.7 Å². The average Bonchev–Trinajstić information content (AvgIpc) is 2.23. The molecule has 3 atom stereocenters. The molecule has 26 heavy (non-hydrogen) atoms. The van der Waals surface area contributed by atoms with E-state index in [1.54, 1.807) is 0 Å². The highest BCUT2D eigenvalue weighted by atomic mass is 35.5. The molecule has 0 aliphatic rings. The number of halogens is 9. The summed E-state index contributed by atoms with van der Waals surface area (Å²) in [6.07, 6.45) is 0. The lowest BCUT2D eigenvalue weighted by Crippen LogP contribution is -2.22. The number of phosphoric acid groups is 1. The van der Waals surface area contributed by atoms with Crippen molar-refractivity contribution < 1.29 is 34.6 Å². The molecular formula is C9H18Cl9O7P. The van der Waals surface area contributed by atoms with Gasteiger partial charge >= 0.3 is 7.82 Å². The van der Waals surface area contributed by atoms with E-state index in [4.69, 9.17) is 139 Å². The topological polar surface area (TPSA) is 138 Å². The minimum atomic E-state index is -4.64. The minimum absolute atomic E-state index is 0.643. The van der Waals surface area contributed by atoms with Crippen LogP contribution in [0.1, 0.15) is 20.8 Å². The van der Waals surface area contributed by atoms with Crippen LogP contribution in [0.2, 0.25) is 0 Å². The number of rotatable bonds is 3. The van der Waals surface area contributed by atoms with E-state index in [0.29, 0.717) is 0 Å². The van der Waals surface area contributed by atoms with Gasteiger partial charge < -0.3 is 30.0 Å². The Labute approximate surface area is 196 Å². The second-order valence-electron chi connectivity index (χ2n) is 4.12. The Balaban J connectivity index is -0.000000125. The van der Waals surface area contributed by atoms with Gasteiger partial charge in [0, 0.05) is 0 Å². The Morgan fingerprint density at radius 3 is 0.654 bits per heavy atom. The van der Waals surface area contributed by atoms with Gasteiger partial charge in [-0.2, -0.15) is 0 Å². The summed E-state index contributed by atoms with van der Waals surface area (Å²) in [5.74, 6) is 0. The first kappa shape index (κ1) is 36.0. The molecule has 0 radical (unpaired) electrons. The van der Waals surface area contributed by atoms with E-state index >= 15 is 0 Å². The van der Waals surface area contributed by atoms with E-state index in [1.165, 1.54) is 20.8 Å². The second-order valence-corrected chi connectivity index (χ2v) is 11.2. The predicted molar refractivity (Wildman–Crippen MR) is 110 cm³/mol. The molecule has 0 aromatic carbocycles. The summed E-state index contributed by atoms with van der Waals surface area (Å²) in [4.78, 5) is 21.6. The second kappa shape index (κ2) is 15.4. The van der Waals surface area contributed by atoms with Crippen molar-refractivity contribution in [2.45, 2.75) is 50.5 Å². The molecule has 6 N–H and O–H groups in total. The molecule has 0 aliphatic carbocycles. The fourth-order valence-electron chi connectivity index (χ4n) is 0. The Kier molecular flexibility index (Phi) is 21.3. The highest BCUT2D eigenvalue weighted by molar-refractivity contribution is 7.45. The molecule has 0 spiro atoms. The minimum Gasteiger partial charge on any atom is -0.361 e. The normalized spacial score (nSPS) is 15.8. The van der Waals surface area contributed by atoms with Crippen molar-refractivity contribution in [1.82, 2.24) is 0 Å². The van der Waals surface area contributed by atoms with Crippen LogP contribution in [-0.2, 0) is 4.57 Å². The van der Waals surface area contributed by atoms with Crippen LogP contribution in [0.15, 0.2) is 0 Å². The lowest BCUT2D eigenvalue weighted by atomic mass is 10.5. The highest BCUT2D eigenvalue weighted by Crippen LogP contribution is 2.26. The molecule has 0 aliphatic heterocycles. The van der Waals surface area contributed by atoms with Gasteiger partial charge in [-0.25, -0.2) is 4.57 Å². The maximum Gasteiger partial charge on any atom is 0.466 e. The van der Waals surface area contributed by atoms with Crippen LogP contribution in [0.5, 0.6) is 0 Å². The zero-order chi connectivity index (χ0) is 22.7.